The average Bonchev–Trinajstić information content (AvgIpc) is 3.60. The number of non-ortho nitro benzene ring substituents is 1. The van der Waals surface area contributed by atoms with Crippen LogP contribution in [0.5, 0.6) is 11.5 Å². The molecule has 0 unspecified atom stereocenters. The Kier molecular flexibility index (Phi) is 11.7. The number of carbonyl (C=O) groups is 6. The Labute approximate surface area is 355 Å². The maximum atomic E-state index is 14.0. The number of hydrogen-bond donors (Lipinski definition) is 1. The van der Waals surface area contributed by atoms with Crippen molar-refractivity contribution < 1.29 is 76.7 Å². The molecule has 0 radical (unpaired) electrons. The third kappa shape index (κ3) is 7.91. The lowest BCUT2D eigenvalue weighted by molar-refractivity contribution is -0.385. The van der Waals surface area contributed by atoms with Gasteiger partial charge in [-0.05, 0) is 48.7 Å². The van der Waals surface area contributed by atoms with Crippen LogP contribution in [0.3, 0.4) is 0 Å². The predicted molar refractivity (Wildman–Crippen MR) is 210 cm³/mol. The summed E-state index contributed by atoms with van der Waals surface area (Å²) in [6.07, 6.45) is -8.73. The fraction of sp³-hybridized carbons (Fsp3) is 0.381. The van der Waals surface area contributed by atoms with Crippen LogP contribution in [0, 0.1) is 10.1 Å². The van der Waals surface area contributed by atoms with E-state index in [-0.39, 0.29) is 36.4 Å². The van der Waals surface area contributed by atoms with Crippen molar-refractivity contribution in [1.82, 2.24) is 9.55 Å². The van der Waals surface area contributed by atoms with Gasteiger partial charge >= 0.3 is 35.8 Å². The second-order valence-electron chi connectivity index (χ2n) is 14.7. The fourth-order valence-corrected chi connectivity index (χ4v) is 7.96. The molecule has 0 saturated carbocycles. The zero-order chi connectivity index (χ0) is 45.7. The Hall–Kier alpha value is -7.26. The molecule has 7 rings (SSSR count). The van der Waals surface area contributed by atoms with Crippen LogP contribution in [0.4, 0.5) is 5.69 Å². The Balaban J connectivity index is 1.25. The van der Waals surface area contributed by atoms with Crippen LogP contribution >= 0.6 is 0 Å². The molecule has 0 aliphatic carbocycles. The van der Waals surface area contributed by atoms with Crippen LogP contribution in [0.1, 0.15) is 73.7 Å². The minimum atomic E-state index is -2.01. The Morgan fingerprint density at radius 3 is 2.25 bits per heavy atom. The third-order valence-electron chi connectivity index (χ3n) is 10.8. The third-order valence-corrected chi connectivity index (χ3v) is 10.8. The average molecular weight is 874 g/mol. The smallest absolute Gasteiger partial charge is 0.347 e. The number of pyridine rings is 2. The summed E-state index contributed by atoms with van der Waals surface area (Å²) in [5.74, 6) is -6.54. The number of aryl methyl sites for hydroxylation is 1. The number of nitrogens with zero attached hydrogens (tertiary/aromatic N) is 3. The first-order chi connectivity index (χ1) is 29.9. The highest BCUT2D eigenvalue weighted by Crippen LogP contribution is 2.41. The highest BCUT2D eigenvalue weighted by atomic mass is 16.7. The summed E-state index contributed by atoms with van der Waals surface area (Å²) in [7, 11) is 0.985. The quantitative estimate of drug-likeness (QED) is 0.0657. The highest BCUT2D eigenvalue weighted by molar-refractivity contribution is 5.96. The molecule has 330 valence electrons. The van der Waals surface area contributed by atoms with Crippen LogP contribution in [0.15, 0.2) is 47.3 Å². The lowest BCUT2D eigenvalue weighted by Crippen LogP contribution is -2.64. The van der Waals surface area contributed by atoms with Gasteiger partial charge < -0.3 is 47.6 Å². The lowest BCUT2D eigenvalue weighted by atomic mass is 9.86. The fourth-order valence-electron chi connectivity index (χ4n) is 7.96. The Bertz CT molecular complexity index is 2690. The Morgan fingerprint density at radius 2 is 1.62 bits per heavy atom. The van der Waals surface area contributed by atoms with Gasteiger partial charge in [-0.3, -0.25) is 29.3 Å². The van der Waals surface area contributed by atoms with Gasteiger partial charge in [-0.25, -0.2) is 19.4 Å². The number of fused-ring (bicyclic) bond motifs is 5. The highest BCUT2D eigenvalue weighted by Gasteiger charge is 2.56. The number of carbonyl (C=O) groups excluding carboxylic acids is 6. The van der Waals surface area contributed by atoms with Crippen LogP contribution in [0.25, 0.3) is 22.3 Å². The van der Waals surface area contributed by atoms with Crippen molar-refractivity contribution in [1.29, 1.82) is 0 Å². The summed E-state index contributed by atoms with van der Waals surface area (Å²) in [6, 6.07) is 9.03. The first kappa shape index (κ1) is 43.8. The van der Waals surface area contributed by atoms with Gasteiger partial charge in [0, 0.05) is 43.4 Å². The summed E-state index contributed by atoms with van der Waals surface area (Å²) in [6.45, 7) is 6.28. The van der Waals surface area contributed by atoms with Gasteiger partial charge in [0.05, 0.1) is 47.1 Å². The van der Waals surface area contributed by atoms with Crippen molar-refractivity contribution >= 4 is 52.4 Å². The SMILES string of the molecule is CCc1c2c(nc3ccc(OC(=O)c4ccc([N+](=O)[O-])cc4O[C@@H]4O[C@H](C(=O)OC)[C@@H](OC(C)=O)[C@H](OC(C)=O)[C@H]4OC(C)=O)cc13)-c1cc3c(c(=O)n1C2)COC(=O)[C@]3(O)CC. The van der Waals surface area contributed by atoms with E-state index in [4.69, 9.17) is 42.9 Å². The number of methoxy groups -OCH3 is 1. The van der Waals surface area contributed by atoms with Gasteiger partial charge in [-0.2, -0.15) is 0 Å². The van der Waals surface area contributed by atoms with E-state index >= 15 is 0 Å². The van der Waals surface area contributed by atoms with Crippen molar-refractivity contribution in [3.8, 4) is 22.9 Å². The van der Waals surface area contributed by atoms with Crippen LogP contribution in [-0.4, -0.2) is 93.2 Å². The number of aliphatic hydroxyl groups is 1. The predicted octanol–water partition coefficient (Wildman–Crippen LogP) is 2.84. The molecular formula is C42H39N3O18. The minimum Gasteiger partial charge on any atom is -0.467 e. The van der Waals surface area contributed by atoms with Crippen molar-refractivity contribution in [3.05, 3.63) is 90.7 Å². The molecule has 5 heterocycles. The molecule has 1 N–H and O–H groups in total. The number of nitro groups is 1. The van der Waals surface area contributed by atoms with E-state index in [1.54, 1.807) is 25.1 Å². The number of hydrogen-bond acceptors (Lipinski definition) is 19. The molecule has 21 heteroatoms. The standard InChI is InChI=1S/C42H39N3O18/c1-7-23-25-14-22(10-12-29(25)43-32-26(23)16-44-30(32)15-28-27(37(44)49)17-57-41(52)42(28,53)8-2)61-38(50)24-11-9-21(45(54)55)13-31(24)62-40-36(60-20(5)48)34(59-19(4)47)33(58-18(3)46)35(63-40)39(51)56-6/h9-15,33-36,40,53H,7-8,16-17H2,1-6H3/t33-,34-,35-,36+,40+,42-/m0/s1. The maximum absolute atomic E-state index is 14.0. The summed E-state index contributed by atoms with van der Waals surface area (Å²) in [4.78, 5) is 106. The van der Waals surface area contributed by atoms with E-state index in [2.05, 4.69) is 0 Å². The molecule has 4 aromatic rings. The largest absolute Gasteiger partial charge is 0.467 e. The first-order valence-electron chi connectivity index (χ1n) is 19.4. The van der Waals surface area contributed by atoms with Crippen molar-refractivity contribution in [2.45, 2.75) is 96.9 Å². The maximum Gasteiger partial charge on any atom is 0.347 e. The molecule has 3 aliphatic heterocycles. The van der Waals surface area contributed by atoms with Crippen LogP contribution in [0.2, 0.25) is 0 Å². The van der Waals surface area contributed by atoms with Crippen molar-refractivity contribution in [3.63, 3.8) is 0 Å². The molecule has 2 aromatic heterocycles. The summed E-state index contributed by atoms with van der Waals surface area (Å²) >= 11 is 0. The van der Waals surface area contributed by atoms with E-state index in [1.807, 2.05) is 6.92 Å². The van der Waals surface area contributed by atoms with Gasteiger partial charge in [0.25, 0.3) is 11.2 Å². The van der Waals surface area contributed by atoms with E-state index in [0.29, 0.717) is 34.3 Å². The normalized spacial score (nSPS) is 22.1. The molecule has 3 aliphatic rings. The number of cyclic esters (lactones) is 1. The number of benzene rings is 2. The van der Waals surface area contributed by atoms with Crippen LogP contribution in [-0.2, 0) is 77.6 Å². The van der Waals surface area contributed by atoms with Crippen LogP contribution < -0.4 is 15.0 Å². The van der Waals surface area contributed by atoms with Gasteiger partial charge in [0.15, 0.2) is 23.9 Å². The number of esters is 6. The molecule has 63 heavy (non-hydrogen) atoms. The van der Waals surface area contributed by atoms with Crippen molar-refractivity contribution in [2.24, 2.45) is 0 Å². The minimum absolute atomic E-state index is 0.00308. The molecular weight excluding hydrogens is 834 g/mol. The molecule has 0 spiro atoms. The van der Waals surface area contributed by atoms with Gasteiger partial charge in [0.2, 0.25) is 12.4 Å². The monoisotopic (exact) mass is 873 g/mol. The number of aromatic nitrogens is 2. The zero-order valence-electron chi connectivity index (χ0n) is 34.5. The second-order valence-corrected chi connectivity index (χ2v) is 14.7. The summed E-state index contributed by atoms with van der Waals surface area (Å²) in [5, 5.41) is 23.7. The van der Waals surface area contributed by atoms with E-state index < -0.39 is 99.6 Å². The summed E-state index contributed by atoms with van der Waals surface area (Å²) < 4.78 is 45.1. The molecule has 1 fully saturated rings. The zero-order valence-corrected chi connectivity index (χ0v) is 34.5. The van der Waals surface area contributed by atoms with Gasteiger partial charge in [-0.15, -0.1) is 0 Å². The van der Waals surface area contributed by atoms with E-state index in [9.17, 15) is 48.8 Å². The number of nitro benzene ring substituents is 1. The lowest BCUT2D eigenvalue weighted by Gasteiger charge is -2.43. The second kappa shape index (κ2) is 16.9. The van der Waals surface area contributed by atoms with Gasteiger partial charge in [0.1, 0.15) is 23.7 Å². The van der Waals surface area contributed by atoms with Gasteiger partial charge in [-0.1, -0.05) is 13.8 Å². The molecule has 2 aromatic carbocycles. The van der Waals surface area contributed by atoms with Crippen molar-refractivity contribution in [2.75, 3.05) is 7.11 Å². The molecule has 0 amide bonds. The molecule has 6 atom stereocenters. The number of rotatable bonds is 11. The number of ether oxygens (including phenoxy) is 8. The molecule has 0 bridgehead atoms. The first-order valence-corrected chi connectivity index (χ1v) is 19.4. The topological polar surface area (TPSA) is 275 Å². The Morgan fingerprint density at radius 1 is 0.937 bits per heavy atom. The van der Waals surface area contributed by atoms with E-state index in [1.165, 1.54) is 10.6 Å². The van der Waals surface area contributed by atoms with E-state index in [0.717, 1.165) is 51.6 Å². The molecule has 1 saturated heterocycles. The molecule has 21 nitrogen and oxygen atoms in total. The summed E-state index contributed by atoms with van der Waals surface area (Å²) in [5.41, 5.74) is -0.332.